The molecule has 0 aliphatic carbocycles. The number of ether oxygens (including phenoxy) is 5. The zero-order chi connectivity index (χ0) is 18.3. The van der Waals surface area contributed by atoms with Crippen LogP contribution in [0.15, 0.2) is 25.0 Å². The first-order valence-corrected chi connectivity index (χ1v) is 6.42. The summed E-state index contributed by atoms with van der Waals surface area (Å²) >= 11 is 0. The van der Waals surface area contributed by atoms with E-state index in [1.165, 1.54) is 13.8 Å². The number of rotatable bonds is 10. The smallest absolute Gasteiger partial charge is 0.302 e. The van der Waals surface area contributed by atoms with Crippen molar-refractivity contribution >= 4 is 17.9 Å². The van der Waals surface area contributed by atoms with Crippen molar-refractivity contribution in [1.82, 2.24) is 0 Å². The fourth-order valence-corrected chi connectivity index (χ4v) is 0.868. The van der Waals surface area contributed by atoms with Crippen molar-refractivity contribution < 1.29 is 43.2 Å². The quantitative estimate of drug-likeness (QED) is 0.357. The van der Waals surface area contributed by atoms with E-state index in [0.717, 1.165) is 6.92 Å². The van der Waals surface area contributed by atoms with E-state index < -0.39 is 17.9 Å². The molecule has 0 amide bonds. The third-order valence-electron chi connectivity index (χ3n) is 1.53. The van der Waals surface area contributed by atoms with E-state index in [1.807, 2.05) is 0 Å². The Hall–Kier alpha value is -2.71. The lowest BCUT2D eigenvalue weighted by molar-refractivity contribution is -0.142. The SMILES string of the molecule is C=C(OCCOC(C)=O)OC(=C)OCCOC(C)=O.CC(=O)O. The van der Waals surface area contributed by atoms with Crippen LogP contribution in [0.1, 0.15) is 20.8 Å². The van der Waals surface area contributed by atoms with Crippen LogP contribution in [-0.2, 0) is 38.1 Å². The van der Waals surface area contributed by atoms with Gasteiger partial charge in [-0.15, -0.1) is 0 Å². The zero-order valence-electron chi connectivity index (χ0n) is 13.5. The topological polar surface area (TPSA) is 118 Å². The Bertz CT molecular complexity index is 378. The summed E-state index contributed by atoms with van der Waals surface area (Å²) in [5.74, 6) is -1.70. The molecule has 0 atom stereocenters. The number of aliphatic carboxylic acids is 1. The third kappa shape index (κ3) is 24.7. The van der Waals surface area contributed by atoms with E-state index in [0.29, 0.717) is 0 Å². The second-order valence-corrected chi connectivity index (χ2v) is 3.74. The van der Waals surface area contributed by atoms with Crippen molar-refractivity contribution in [2.24, 2.45) is 0 Å². The van der Waals surface area contributed by atoms with Crippen LogP contribution in [0.25, 0.3) is 0 Å². The van der Waals surface area contributed by atoms with E-state index in [1.54, 1.807) is 0 Å². The van der Waals surface area contributed by atoms with E-state index in [4.69, 9.17) is 24.1 Å². The second kappa shape index (κ2) is 14.2. The van der Waals surface area contributed by atoms with Crippen molar-refractivity contribution in [3.63, 3.8) is 0 Å². The fourth-order valence-electron chi connectivity index (χ4n) is 0.868. The standard InChI is InChI=1S/C12H18O7.C2H4O2/c1-9(13)15-5-7-17-11(3)19-12(4)18-8-6-16-10(2)14;1-2(3)4/h3-8H2,1-2H3;1H3,(H,3,4). The Morgan fingerprint density at radius 2 is 1.00 bits per heavy atom. The summed E-state index contributed by atoms with van der Waals surface area (Å²) in [6, 6.07) is 0. The first-order valence-electron chi connectivity index (χ1n) is 6.42. The van der Waals surface area contributed by atoms with E-state index in [-0.39, 0.29) is 38.3 Å². The molecule has 0 heterocycles. The van der Waals surface area contributed by atoms with Crippen molar-refractivity contribution in [1.29, 1.82) is 0 Å². The predicted molar refractivity (Wildman–Crippen MR) is 77.8 cm³/mol. The Labute approximate surface area is 134 Å². The highest BCUT2D eigenvalue weighted by Crippen LogP contribution is 2.05. The van der Waals surface area contributed by atoms with E-state index >= 15 is 0 Å². The lowest BCUT2D eigenvalue weighted by Crippen LogP contribution is -2.10. The molecule has 0 fully saturated rings. The number of carbonyl (C=O) groups excluding carboxylic acids is 2. The molecule has 0 unspecified atom stereocenters. The van der Waals surface area contributed by atoms with Gasteiger partial charge in [-0.25, -0.2) is 0 Å². The second-order valence-electron chi connectivity index (χ2n) is 3.74. The average Bonchev–Trinajstić information content (AvgIpc) is 2.38. The molecular weight excluding hydrogens is 312 g/mol. The minimum atomic E-state index is -0.833. The minimum absolute atomic E-state index is 0.0374. The normalized spacial score (nSPS) is 8.65. The molecule has 0 aliphatic rings. The molecule has 0 spiro atoms. The molecule has 9 nitrogen and oxygen atoms in total. The number of esters is 2. The highest BCUT2D eigenvalue weighted by atomic mass is 16.7. The van der Waals surface area contributed by atoms with Crippen molar-refractivity contribution in [2.45, 2.75) is 20.8 Å². The molecular formula is C14H22O9. The molecule has 0 aromatic rings. The lowest BCUT2D eigenvalue weighted by Gasteiger charge is -2.12. The zero-order valence-corrected chi connectivity index (χ0v) is 13.5. The summed E-state index contributed by atoms with van der Waals surface area (Å²) in [7, 11) is 0. The summed E-state index contributed by atoms with van der Waals surface area (Å²) in [6.07, 6.45) is 0. The predicted octanol–water partition coefficient (Wildman–Crippen LogP) is 1.20. The summed E-state index contributed by atoms with van der Waals surface area (Å²) in [6.45, 7) is 11.0. The maximum Gasteiger partial charge on any atom is 0.302 e. The van der Waals surface area contributed by atoms with Gasteiger partial charge in [0.2, 0.25) is 0 Å². The molecule has 0 rings (SSSR count). The van der Waals surface area contributed by atoms with Crippen LogP contribution in [0.3, 0.4) is 0 Å². The van der Waals surface area contributed by atoms with Crippen molar-refractivity contribution in [2.75, 3.05) is 26.4 Å². The highest BCUT2D eigenvalue weighted by molar-refractivity contribution is 5.66. The van der Waals surface area contributed by atoms with Gasteiger partial charge in [0.1, 0.15) is 26.4 Å². The van der Waals surface area contributed by atoms with Gasteiger partial charge in [0.15, 0.2) is 0 Å². The van der Waals surface area contributed by atoms with Gasteiger partial charge in [0.25, 0.3) is 17.9 Å². The molecule has 132 valence electrons. The molecule has 0 bridgehead atoms. The Balaban J connectivity index is 0. The molecule has 1 N–H and O–H groups in total. The molecule has 0 aromatic carbocycles. The number of hydrogen-bond acceptors (Lipinski definition) is 8. The Kier molecular flexibility index (Phi) is 14.0. The van der Waals surface area contributed by atoms with Crippen molar-refractivity contribution in [3.05, 3.63) is 25.0 Å². The van der Waals surface area contributed by atoms with Gasteiger partial charge in [0.05, 0.1) is 0 Å². The first-order chi connectivity index (χ1) is 10.6. The van der Waals surface area contributed by atoms with Gasteiger partial charge < -0.3 is 28.8 Å². The van der Waals surface area contributed by atoms with Gasteiger partial charge in [0, 0.05) is 20.8 Å². The van der Waals surface area contributed by atoms with Crippen LogP contribution in [-0.4, -0.2) is 49.4 Å². The summed E-state index contributed by atoms with van der Waals surface area (Å²) in [5, 5.41) is 7.42. The third-order valence-corrected chi connectivity index (χ3v) is 1.53. The van der Waals surface area contributed by atoms with Crippen molar-refractivity contribution in [3.8, 4) is 0 Å². The lowest BCUT2D eigenvalue weighted by atomic mass is 10.7. The monoisotopic (exact) mass is 334 g/mol. The van der Waals surface area contributed by atoms with Crippen LogP contribution in [0.4, 0.5) is 0 Å². The maximum atomic E-state index is 10.5. The average molecular weight is 334 g/mol. The van der Waals surface area contributed by atoms with Gasteiger partial charge in [-0.1, -0.05) is 0 Å². The number of carbonyl (C=O) groups is 3. The molecule has 9 heteroatoms. The minimum Gasteiger partial charge on any atom is -0.481 e. The van der Waals surface area contributed by atoms with Gasteiger partial charge in [-0.05, 0) is 13.2 Å². The van der Waals surface area contributed by atoms with Gasteiger partial charge >= 0.3 is 11.9 Å². The number of carboxylic acids is 1. The first kappa shape index (κ1) is 22.6. The van der Waals surface area contributed by atoms with Crippen LogP contribution < -0.4 is 0 Å². The van der Waals surface area contributed by atoms with Crippen LogP contribution in [0, 0.1) is 0 Å². The maximum absolute atomic E-state index is 10.5. The molecule has 0 saturated heterocycles. The van der Waals surface area contributed by atoms with Gasteiger partial charge in [-0.3, -0.25) is 14.4 Å². The number of carboxylic acid groups (broad SMARTS) is 1. The van der Waals surface area contributed by atoms with E-state index in [2.05, 4.69) is 22.6 Å². The Morgan fingerprint density at radius 3 is 1.26 bits per heavy atom. The van der Waals surface area contributed by atoms with Crippen LogP contribution >= 0.6 is 0 Å². The largest absolute Gasteiger partial charge is 0.481 e. The summed E-state index contributed by atoms with van der Waals surface area (Å²) < 4.78 is 24.2. The summed E-state index contributed by atoms with van der Waals surface area (Å²) in [4.78, 5) is 29.9. The molecule has 0 saturated carbocycles. The molecule has 0 aromatic heterocycles. The highest BCUT2D eigenvalue weighted by Gasteiger charge is 2.02. The van der Waals surface area contributed by atoms with Gasteiger partial charge in [-0.2, -0.15) is 0 Å². The molecule has 0 radical (unpaired) electrons. The van der Waals surface area contributed by atoms with Crippen LogP contribution in [0.5, 0.6) is 0 Å². The fraction of sp³-hybridized carbons (Fsp3) is 0.500. The van der Waals surface area contributed by atoms with Crippen LogP contribution in [0.2, 0.25) is 0 Å². The number of hydrogen-bond donors (Lipinski definition) is 1. The summed E-state index contributed by atoms with van der Waals surface area (Å²) in [5.41, 5.74) is 0. The Morgan fingerprint density at radius 1 is 0.739 bits per heavy atom. The molecule has 23 heavy (non-hydrogen) atoms. The molecule has 0 aliphatic heterocycles. The van der Waals surface area contributed by atoms with E-state index in [9.17, 15) is 9.59 Å².